The van der Waals surface area contributed by atoms with Gasteiger partial charge in [0.25, 0.3) is 0 Å². The van der Waals surface area contributed by atoms with E-state index in [9.17, 15) is 14.7 Å². The lowest BCUT2D eigenvalue weighted by atomic mass is 10.1. The Morgan fingerprint density at radius 2 is 2.19 bits per heavy atom. The molecule has 0 aromatic carbocycles. The second-order valence-electron chi connectivity index (χ2n) is 5.86. The highest BCUT2D eigenvalue weighted by molar-refractivity contribution is 5.91. The van der Waals surface area contributed by atoms with E-state index in [4.69, 9.17) is 9.68 Å². The summed E-state index contributed by atoms with van der Waals surface area (Å²) in [6.45, 7) is 4.09. The molecule has 1 fully saturated rings. The molecule has 1 aromatic rings. The molecule has 0 bridgehead atoms. The van der Waals surface area contributed by atoms with Crippen LogP contribution in [0.3, 0.4) is 0 Å². The quantitative estimate of drug-likeness (QED) is 0.863. The minimum absolute atomic E-state index is 0.206. The number of carbonyl (C=O) groups excluding carboxylic acids is 1. The van der Waals surface area contributed by atoms with Gasteiger partial charge in [0, 0.05) is 6.54 Å². The van der Waals surface area contributed by atoms with Gasteiger partial charge in [0.05, 0.1) is 37.1 Å². The van der Waals surface area contributed by atoms with Crippen molar-refractivity contribution in [2.45, 2.75) is 26.8 Å². The van der Waals surface area contributed by atoms with Crippen molar-refractivity contribution < 1.29 is 19.1 Å². The average Bonchev–Trinajstić information content (AvgIpc) is 2.77. The molecule has 112 valence electrons. The maximum Gasteiger partial charge on any atom is 0.307 e. The van der Waals surface area contributed by atoms with E-state index in [-0.39, 0.29) is 25.4 Å². The molecule has 2 rings (SSSR count). The van der Waals surface area contributed by atoms with Crippen molar-refractivity contribution in [3.8, 4) is 6.07 Å². The second-order valence-corrected chi connectivity index (χ2v) is 5.86. The zero-order valence-electron chi connectivity index (χ0n) is 12.1. The molecule has 6 nitrogen and oxygen atoms in total. The molecule has 1 amide bonds. The number of amides is 1. The summed E-state index contributed by atoms with van der Waals surface area (Å²) < 4.78 is 5.23. The normalized spacial score (nSPS) is 22.3. The first kappa shape index (κ1) is 15.1. The molecular weight excluding hydrogens is 272 g/mol. The van der Waals surface area contributed by atoms with Crippen LogP contribution in [0.1, 0.15) is 26.0 Å². The molecule has 6 heteroatoms. The van der Waals surface area contributed by atoms with E-state index in [0.717, 1.165) is 0 Å². The highest BCUT2D eigenvalue weighted by Gasteiger charge is 2.66. The van der Waals surface area contributed by atoms with E-state index >= 15 is 0 Å². The van der Waals surface area contributed by atoms with Crippen molar-refractivity contribution in [2.75, 3.05) is 6.54 Å². The summed E-state index contributed by atoms with van der Waals surface area (Å²) in [5.41, 5.74) is -0.545. The molecule has 1 aliphatic rings. The molecule has 1 aliphatic carbocycles. The van der Waals surface area contributed by atoms with Crippen LogP contribution in [0.4, 0.5) is 0 Å². The lowest BCUT2D eigenvalue weighted by Crippen LogP contribution is -2.34. The fourth-order valence-corrected chi connectivity index (χ4v) is 2.80. The number of carbonyl (C=O) groups is 2. The monoisotopic (exact) mass is 290 g/mol. The number of rotatable bonds is 6. The number of nitriles is 1. The van der Waals surface area contributed by atoms with Gasteiger partial charge in [-0.2, -0.15) is 5.26 Å². The number of carboxylic acids is 1. The Bertz CT molecular complexity index is 571. The maximum absolute atomic E-state index is 12.6. The molecule has 1 heterocycles. The molecule has 0 aliphatic heterocycles. The molecule has 1 N–H and O–H groups in total. The first-order chi connectivity index (χ1) is 9.89. The highest BCUT2D eigenvalue weighted by Crippen LogP contribution is 2.59. The van der Waals surface area contributed by atoms with Gasteiger partial charge < -0.3 is 14.4 Å². The van der Waals surface area contributed by atoms with Gasteiger partial charge in [-0.05, 0) is 17.5 Å². The number of aliphatic carboxylic acids is 1. The van der Waals surface area contributed by atoms with Crippen LogP contribution in [0.25, 0.3) is 0 Å². The van der Waals surface area contributed by atoms with Crippen LogP contribution < -0.4 is 0 Å². The summed E-state index contributed by atoms with van der Waals surface area (Å²) >= 11 is 0. The Morgan fingerprint density at radius 1 is 1.48 bits per heavy atom. The van der Waals surface area contributed by atoms with Gasteiger partial charge in [-0.15, -0.1) is 0 Å². The minimum atomic E-state index is -0.948. The van der Waals surface area contributed by atoms with Crippen molar-refractivity contribution in [2.24, 2.45) is 17.3 Å². The van der Waals surface area contributed by atoms with E-state index in [1.165, 1.54) is 11.2 Å². The molecule has 2 atom stereocenters. The Morgan fingerprint density at radius 3 is 2.67 bits per heavy atom. The van der Waals surface area contributed by atoms with Crippen LogP contribution in [0.2, 0.25) is 0 Å². The average molecular weight is 290 g/mol. The number of furan rings is 1. The van der Waals surface area contributed by atoms with Crippen molar-refractivity contribution in [1.82, 2.24) is 4.90 Å². The molecule has 0 radical (unpaired) electrons. The zero-order chi connectivity index (χ0) is 15.6. The van der Waals surface area contributed by atoms with Gasteiger partial charge >= 0.3 is 5.97 Å². The number of carboxylic acid groups (broad SMARTS) is 1. The maximum atomic E-state index is 12.6. The lowest BCUT2D eigenvalue weighted by Gasteiger charge is -2.21. The Kier molecular flexibility index (Phi) is 4.03. The third-order valence-corrected chi connectivity index (χ3v) is 4.09. The molecule has 0 saturated heterocycles. The van der Waals surface area contributed by atoms with Crippen molar-refractivity contribution in [3.05, 3.63) is 24.2 Å². The third kappa shape index (κ3) is 2.92. The molecule has 0 unspecified atom stereocenters. The highest BCUT2D eigenvalue weighted by atomic mass is 16.4. The Balaban J connectivity index is 2.12. The van der Waals surface area contributed by atoms with E-state index in [2.05, 4.69) is 0 Å². The molecular formula is C15H18N2O4. The van der Waals surface area contributed by atoms with E-state index in [0.29, 0.717) is 5.76 Å². The molecule has 21 heavy (non-hydrogen) atoms. The fraction of sp³-hybridized carbons (Fsp3) is 0.533. The van der Waals surface area contributed by atoms with Crippen LogP contribution in [-0.2, 0) is 16.1 Å². The van der Waals surface area contributed by atoms with Crippen LogP contribution in [0.15, 0.2) is 22.8 Å². The summed E-state index contributed by atoms with van der Waals surface area (Å²) in [6, 6.07) is 5.48. The summed E-state index contributed by atoms with van der Waals surface area (Å²) in [4.78, 5) is 25.3. The van der Waals surface area contributed by atoms with E-state index < -0.39 is 23.2 Å². The number of nitrogens with zero attached hydrogens (tertiary/aromatic N) is 2. The SMILES string of the molecule is CC1(C)[C@H](C(=O)O)[C@@H]1C(=O)N(CCC#N)Cc1ccco1. The van der Waals surface area contributed by atoms with E-state index in [1.54, 1.807) is 26.0 Å². The lowest BCUT2D eigenvalue weighted by molar-refractivity contribution is -0.142. The minimum Gasteiger partial charge on any atom is -0.481 e. The van der Waals surface area contributed by atoms with Crippen molar-refractivity contribution >= 4 is 11.9 Å². The van der Waals surface area contributed by atoms with Crippen molar-refractivity contribution in [1.29, 1.82) is 5.26 Å². The van der Waals surface area contributed by atoms with E-state index in [1.807, 2.05) is 6.07 Å². The Hall–Kier alpha value is -2.29. The van der Waals surface area contributed by atoms with Crippen LogP contribution in [0.5, 0.6) is 0 Å². The van der Waals surface area contributed by atoms with Crippen LogP contribution in [0, 0.1) is 28.6 Å². The van der Waals surface area contributed by atoms with Gasteiger partial charge in [-0.1, -0.05) is 13.8 Å². The third-order valence-electron chi connectivity index (χ3n) is 4.09. The zero-order valence-corrected chi connectivity index (χ0v) is 12.1. The van der Waals surface area contributed by atoms with Gasteiger partial charge in [0.2, 0.25) is 5.91 Å². The van der Waals surface area contributed by atoms with Gasteiger partial charge in [-0.3, -0.25) is 9.59 Å². The fourth-order valence-electron chi connectivity index (χ4n) is 2.80. The van der Waals surface area contributed by atoms with Gasteiger partial charge in [0.15, 0.2) is 0 Å². The summed E-state index contributed by atoms with van der Waals surface area (Å²) in [5.74, 6) is -1.75. The van der Waals surface area contributed by atoms with Crippen LogP contribution in [-0.4, -0.2) is 28.4 Å². The topological polar surface area (TPSA) is 94.5 Å². The first-order valence-corrected chi connectivity index (χ1v) is 6.80. The standard InChI is InChI=1S/C15H18N2O4/c1-15(2)11(12(15)14(19)20)13(18)17(7-4-6-16)9-10-5-3-8-21-10/h3,5,8,11-12H,4,7,9H2,1-2H3,(H,19,20)/t11-,12+/m1/s1. The molecule has 0 spiro atoms. The van der Waals surface area contributed by atoms with Crippen LogP contribution >= 0.6 is 0 Å². The molecule has 1 aromatic heterocycles. The van der Waals surface area contributed by atoms with Gasteiger partial charge in [0.1, 0.15) is 5.76 Å². The van der Waals surface area contributed by atoms with Gasteiger partial charge in [-0.25, -0.2) is 0 Å². The Labute approximate surface area is 123 Å². The second kappa shape index (κ2) is 5.60. The largest absolute Gasteiger partial charge is 0.481 e. The number of hydrogen-bond donors (Lipinski definition) is 1. The smallest absolute Gasteiger partial charge is 0.307 e. The summed E-state index contributed by atoms with van der Waals surface area (Å²) in [7, 11) is 0. The summed E-state index contributed by atoms with van der Waals surface area (Å²) in [6.07, 6.45) is 1.72. The predicted octanol–water partition coefficient (Wildman–Crippen LogP) is 1.88. The summed E-state index contributed by atoms with van der Waals surface area (Å²) in [5, 5.41) is 17.9. The first-order valence-electron chi connectivity index (χ1n) is 6.80. The molecule has 1 saturated carbocycles. The predicted molar refractivity (Wildman–Crippen MR) is 72.8 cm³/mol. The number of hydrogen-bond acceptors (Lipinski definition) is 4. The van der Waals surface area contributed by atoms with Crippen molar-refractivity contribution in [3.63, 3.8) is 0 Å².